The van der Waals surface area contributed by atoms with Crippen molar-refractivity contribution in [3.05, 3.63) is 108 Å². The van der Waals surface area contributed by atoms with Crippen LogP contribution in [0.5, 0.6) is 11.5 Å². The van der Waals surface area contributed by atoms with Crippen molar-refractivity contribution in [2.45, 2.75) is 19.4 Å². The number of benzene rings is 4. The fraction of sp³-hybridized carbons (Fsp3) is 0.107. The molecule has 0 fully saturated rings. The summed E-state index contributed by atoms with van der Waals surface area (Å²) in [5.41, 5.74) is 0.0349. The van der Waals surface area contributed by atoms with Crippen molar-refractivity contribution in [2.24, 2.45) is 0 Å². The van der Waals surface area contributed by atoms with Crippen LogP contribution in [0.15, 0.2) is 91.0 Å². The zero-order chi connectivity index (χ0) is 22.6. The maximum absolute atomic E-state index is 14.4. The van der Waals surface area contributed by atoms with Gasteiger partial charge in [0, 0.05) is 10.9 Å². The van der Waals surface area contributed by atoms with Gasteiger partial charge in [0.25, 0.3) is 0 Å². The molecule has 0 aliphatic carbocycles. The highest BCUT2D eigenvalue weighted by molar-refractivity contribution is 5.95. The summed E-state index contributed by atoms with van der Waals surface area (Å²) < 4.78 is 25.8. The first-order valence-electron chi connectivity index (χ1n) is 10.2. The summed E-state index contributed by atoms with van der Waals surface area (Å²) in [4.78, 5) is 12.8. The van der Waals surface area contributed by atoms with Crippen molar-refractivity contribution in [3.8, 4) is 23.3 Å². The molecule has 0 aromatic heterocycles. The highest BCUT2D eigenvalue weighted by Gasteiger charge is 2.21. The van der Waals surface area contributed by atoms with Crippen LogP contribution in [0.25, 0.3) is 10.8 Å². The van der Waals surface area contributed by atoms with Gasteiger partial charge in [-0.25, -0.2) is 9.18 Å². The molecule has 0 heterocycles. The van der Waals surface area contributed by atoms with Gasteiger partial charge in [0.15, 0.2) is 17.2 Å². The second-order valence-corrected chi connectivity index (χ2v) is 7.74. The zero-order valence-electron chi connectivity index (χ0n) is 17.8. The summed E-state index contributed by atoms with van der Waals surface area (Å²) in [6.07, 6.45) is 0. The quantitative estimate of drug-likeness (QED) is 0.216. The number of ether oxygens (including phenoxy) is 2. The van der Waals surface area contributed by atoms with E-state index in [0.29, 0.717) is 5.75 Å². The molecule has 0 unspecified atom stereocenters. The molecular weight excluding hydrogens is 403 g/mol. The van der Waals surface area contributed by atoms with E-state index in [1.807, 2.05) is 66.7 Å². The molecule has 0 saturated heterocycles. The Morgan fingerprint density at radius 3 is 2.38 bits per heavy atom. The molecule has 4 aromatic rings. The Morgan fingerprint density at radius 1 is 0.844 bits per heavy atom. The van der Waals surface area contributed by atoms with Crippen LogP contribution in [0.1, 0.15) is 29.8 Å². The second-order valence-electron chi connectivity index (χ2n) is 7.74. The Balaban J connectivity index is 1.56. The van der Waals surface area contributed by atoms with Gasteiger partial charge in [-0.2, -0.15) is 0 Å². The number of hydrogen-bond acceptors (Lipinski definition) is 3. The lowest BCUT2D eigenvalue weighted by molar-refractivity contribution is 0.0735. The smallest absolute Gasteiger partial charge is 0.343 e. The molecule has 3 nitrogen and oxygen atoms in total. The molecule has 158 valence electrons. The Kier molecular flexibility index (Phi) is 5.91. The van der Waals surface area contributed by atoms with Crippen LogP contribution in [0.2, 0.25) is 0 Å². The molecular formula is C28H21FO3. The largest absolute Gasteiger partial charge is 0.472 e. The van der Waals surface area contributed by atoms with Gasteiger partial charge in [-0.05, 0) is 55.6 Å². The molecule has 4 rings (SSSR count). The first-order valence-corrected chi connectivity index (χ1v) is 10.2. The Labute approximate surface area is 186 Å². The number of carbonyl (C=O) groups excluding carboxylic acids is 1. The van der Waals surface area contributed by atoms with Crippen LogP contribution in [0.3, 0.4) is 0 Å². The second kappa shape index (κ2) is 8.95. The first-order chi connectivity index (χ1) is 15.4. The average Bonchev–Trinajstić information content (AvgIpc) is 2.80. The van der Waals surface area contributed by atoms with Crippen LogP contribution < -0.4 is 9.47 Å². The van der Waals surface area contributed by atoms with Crippen molar-refractivity contribution in [2.75, 3.05) is 0 Å². The maximum Gasteiger partial charge on any atom is 0.343 e. The van der Waals surface area contributed by atoms with Crippen LogP contribution in [-0.4, -0.2) is 11.6 Å². The topological polar surface area (TPSA) is 35.5 Å². The van der Waals surface area contributed by atoms with Gasteiger partial charge in [-0.1, -0.05) is 66.4 Å². The van der Waals surface area contributed by atoms with E-state index in [1.165, 1.54) is 18.2 Å². The minimum Gasteiger partial charge on any atom is -0.472 e. The van der Waals surface area contributed by atoms with E-state index in [1.54, 1.807) is 19.9 Å². The number of fused-ring (bicyclic) bond motifs is 1. The molecule has 0 spiro atoms. The lowest BCUT2D eigenvalue weighted by atomic mass is 10.1. The lowest BCUT2D eigenvalue weighted by Crippen LogP contribution is -2.26. The summed E-state index contributed by atoms with van der Waals surface area (Å²) >= 11 is 0. The van der Waals surface area contributed by atoms with Crippen molar-refractivity contribution >= 4 is 16.7 Å². The van der Waals surface area contributed by atoms with E-state index >= 15 is 0 Å². The fourth-order valence-corrected chi connectivity index (χ4v) is 3.20. The van der Waals surface area contributed by atoms with Crippen molar-refractivity contribution in [3.63, 3.8) is 0 Å². The minimum atomic E-state index is -0.977. The molecule has 0 N–H and O–H groups in total. The number of halogens is 1. The molecule has 0 bridgehead atoms. The predicted octanol–water partition coefficient (Wildman–Crippen LogP) is 6.41. The number of carbonyl (C=O) groups is 1. The van der Waals surface area contributed by atoms with Crippen LogP contribution >= 0.6 is 0 Å². The van der Waals surface area contributed by atoms with Gasteiger partial charge in [0.05, 0.1) is 5.56 Å². The summed E-state index contributed by atoms with van der Waals surface area (Å²) in [6.45, 7) is 3.48. The molecule has 32 heavy (non-hydrogen) atoms. The van der Waals surface area contributed by atoms with E-state index in [-0.39, 0.29) is 11.3 Å². The predicted molar refractivity (Wildman–Crippen MR) is 123 cm³/mol. The highest BCUT2D eigenvalue weighted by Crippen LogP contribution is 2.28. The molecule has 4 heteroatoms. The minimum absolute atomic E-state index is 0.0651. The fourth-order valence-electron chi connectivity index (χ4n) is 3.20. The normalized spacial score (nSPS) is 10.8. The Bertz CT molecular complexity index is 1330. The first kappa shape index (κ1) is 21.1. The van der Waals surface area contributed by atoms with Gasteiger partial charge >= 0.3 is 5.97 Å². The van der Waals surface area contributed by atoms with Gasteiger partial charge < -0.3 is 9.47 Å². The summed E-state index contributed by atoms with van der Waals surface area (Å²) in [6, 6.07) is 26.5. The summed E-state index contributed by atoms with van der Waals surface area (Å²) in [5, 5.41) is 1.78. The molecule has 0 aliphatic rings. The van der Waals surface area contributed by atoms with Gasteiger partial charge in [0.1, 0.15) is 5.75 Å². The van der Waals surface area contributed by atoms with E-state index < -0.39 is 17.4 Å². The summed E-state index contributed by atoms with van der Waals surface area (Å²) in [7, 11) is 0. The van der Waals surface area contributed by atoms with Crippen molar-refractivity contribution in [1.82, 2.24) is 0 Å². The highest BCUT2D eigenvalue weighted by atomic mass is 19.1. The van der Waals surface area contributed by atoms with E-state index in [4.69, 9.17) is 9.47 Å². The molecule has 0 atom stereocenters. The number of esters is 1. The SMILES string of the molecule is CC(C)(C#Cc1ccccc1)Oc1cc(C(=O)Oc2cccc3ccccc23)ccc1F. The van der Waals surface area contributed by atoms with Crippen LogP contribution in [-0.2, 0) is 0 Å². The monoisotopic (exact) mass is 424 g/mol. The van der Waals surface area contributed by atoms with E-state index in [2.05, 4.69) is 11.8 Å². The van der Waals surface area contributed by atoms with Gasteiger partial charge in [-0.3, -0.25) is 0 Å². The summed E-state index contributed by atoms with van der Waals surface area (Å²) in [5.74, 6) is 5.22. The van der Waals surface area contributed by atoms with Crippen LogP contribution in [0.4, 0.5) is 4.39 Å². The van der Waals surface area contributed by atoms with Crippen molar-refractivity contribution < 1.29 is 18.7 Å². The van der Waals surface area contributed by atoms with Crippen LogP contribution in [0, 0.1) is 17.7 Å². The molecule has 0 radical (unpaired) electrons. The maximum atomic E-state index is 14.4. The third-order valence-corrected chi connectivity index (χ3v) is 4.77. The molecule has 0 saturated carbocycles. The average molecular weight is 424 g/mol. The van der Waals surface area contributed by atoms with Gasteiger partial charge in [-0.15, -0.1) is 0 Å². The third-order valence-electron chi connectivity index (χ3n) is 4.77. The molecule has 4 aromatic carbocycles. The molecule has 0 aliphatic heterocycles. The molecule has 0 amide bonds. The van der Waals surface area contributed by atoms with Gasteiger partial charge in [0.2, 0.25) is 0 Å². The van der Waals surface area contributed by atoms with E-state index in [0.717, 1.165) is 16.3 Å². The van der Waals surface area contributed by atoms with E-state index in [9.17, 15) is 9.18 Å². The number of hydrogen-bond donors (Lipinski definition) is 0. The zero-order valence-corrected chi connectivity index (χ0v) is 17.8. The Hall–Kier alpha value is -4.10. The number of rotatable bonds is 4. The standard InChI is InChI=1S/C28H21FO3/c1-28(2,18-17-20-9-4-3-5-10-20)32-26-19-22(15-16-24(26)29)27(30)31-25-14-8-12-21-11-6-7-13-23(21)25/h3-16,19H,1-2H3. The Morgan fingerprint density at radius 2 is 1.56 bits per heavy atom. The lowest BCUT2D eigenvalue weighted by Gasteiger charge is -2.21. The van der Waals surface area contributed by atoms with Crippen molar-refractivity contribution in [1.29, 1.82) is 0 Å². The third kappa shape index (κ3) is 4.96.